The molecule has 1 fully saturated rings. The van der Waals surface area contributed by atoms with Crippen molar-refractivity contribution in [3.63, 3.8) is 0 Å². The monoisotopic (exact) mass is 272 g/mol. The van der Waals surface area contributed by atoms with Crippen LogP contribution in [0.1, 0.15) is 52.0 Å². The van der Waals surface area contributed by atoms with Gasteiger partial charge in [-0.25, -0.2) is 0 Å². The van der Waals surface area contributed by atoms with E-state index in [-0.39, 0.29) is 17.0 Å². The second-order valence-electron chi connectivity index (χ2n) is 6.80. The van der Waals surface area contributed by atoms with Gasteiger partial charge in [0, 0.05) is 11.5 Å². The van der Waals surface area contributed by atoms with Crippen molar-refractivity contribution in [3.8, 4) is 0 Å². The standard InChI is InChI=1S/C18H24O2/c1-17(2,3)15(19)13-16(20)18(11-7-8-12-18)14-9-5-4-6-10-14/h4-6,9-10,13,19H,7-8,11-12H2,1-3H3/b15-13-. The highest BCUT2D eigenvalue weighted by Gasteiger charge is 2.41. The Morgan fingerprint density at radius 2 is 1.70 bits per heavy atom. The van der Waals surface area contributed by atoms with Crippen LogP contribution in [0.25, 0.3) is 0 Å². The van der Waals surface area contributed by atoms with Gasteiger partial charge in [-0.05, 0) is 18.4 Å². The summed E-state index contributed by atoms with van der Waals surface area (Å²) in [4.78, 5) is 12.8. The van der Waals surface area contributed by atoms with Crippen molar-refractivity contribution in [2.75, 3.05) is 0 Å². The maximum absolute atomic E-state index is 12.8. The summed E-state index contributed by atoms with van der Waals surface area (Å²) in [6.45, 7) is 5.74. The van der Waals surface area contributed by atoms with Crippen molar-refractivity contribution < 1.29 is 9.90 Å². The van der Waals surface area contributed by atoms with Crippen LogP contribution in [-0.4, -0.2) is 10.9 Å². The molecule has 0 saturated heterocycles. The van der Waals surface area contributed by atoms with Crippen molar-refractivity contribution in [1.82, 2.24) is 0 Å². The molecule has 1 aliphatic rings. The molecule has 1 N–H and O–H groups in total. The SMILES string of the molecule is CC(C)(C)/C(O)=C/C(=O)C1(c2ccccc2)CCCC1. The molecule has 0 radical (unpaired) electrons. The number of benzene rings is 1. The molecule has 20 heavy (non-hydrogen) atoms. The van der Waals surface area contributed by atoms with Gasteiger partial charge in [0.05, 0.1) is 5.41 Å². The van der Waals surface area contributed by atoms with Gasteiger partial charge in [0.1, 0.15) is 5.76 Å². The largest absolute Gasteiger partial charge is 0.512 e. The molecule has 2 heteroatoms. The molecule has 0 unspecified atom stereocenters. The predicted molar refractivity (Wildman–Crippen MR) is 81.8 cm³/mol. The Bertz CT molecular complexity index is 500. The van der Waals surface area contributed by atoms with Gasteiger partial charge in [-0.1, -0.05) is 63.9 Å². The van der Waals surface area contributed by atoms with Crippen molar-refractivity contribution in [2.45, 2.75) is 51.9 Å². The van der Waals surface area contributed by atoms with E-state index in [2.05, 4.69) is 0 Å². The molecule has 1 aliphatic carbocycles. The molecule has 1 aromatic carbocycles. The van der Waals surface area contributed by atoms with Gasteiger partial charge in [-0.15, -0.1) is 0 Å². The summed E-state index contributed by atoms with van der Waals surface area (Å²) in [5.74, 6) is 0.221. The van der Waals surface area contributed by atoms with Crippen LogP contribution in [0.15, 0.2) is 42.2 Å². The van der Waals surface area contributed by atoms with Crippen molar-refractivity contribution in [1.29, 1.82) is 0 Å². The van der Waals surface area contributed by atoms with Gasteiger partial charge in [0.15, 0.2) is 5.78 Å². The number of carbonyl (C=O) groups excluding carboxylic acids is 1. The van der Waals surface area contributed by atoms with E-state index in [0.717, 1.165) is 31.2 Å². The quantitative estimate of drug-likeness (QED) is 0.647. The number of allylic oxidation sites excluding steroid dienone is 2. The summed E-state index contributed by atoms with van der Waals surface area (Å²) in [5.41, 5.74) is 0.271. The van der Waals surface area contributed by atoms with E-state index in [1.807, 2.05) is 51.1 Å². The van der Waals surface area contributed by atoms with Gasteiger partial charge in [-0.2, -0.15) is 0 Å². The molecule has 0 amide bonds. The minimum absolute atomic E-state index is 0.0497. The zero-order chi connectivity index (χ0) is 14.8. The van der Waals surface area contributed by atoms with Gasteiger partial charge in [0.2, 0.25) is 0 Å². The second kappa shape index (κ2) is 5.43. The second-order valence-corrected chi connectivity index (χ2v) is 6.80. The molecule has 2 nitrogen and oxygen atoms in total. The summed E-state index contributed by atoms with van der Waals surface area (Å²) in [6.07, 6.45) is 5.36. The third-order valence-corrected chi connectivity index (χ3v) is 4.29. The fraction of sp³-hybridized carbons (Fsp3) is 0.500. The molecule has 0 aliphatic heterocycles. The van der Waals surface area contributed by atoms with E-state index in [4.69, 9.17) is 0 Å². The van der Waals surface area contributed by atoms with Crippen LogP contribution in [0.4, 0.5) is 0 Å². The summed E-state index contributed by atoms with van der Waals surface area (Å²) in [6, 6.07) is 10.0. The Kier molecular flexibility index (Phi) is 4.03. The van der Waals surface area contributed by atoms with Gasteiger partial charge in [-0.3, -0.25) is 4.79 Å². The Labute approximate surface area is 121 Å². The first-order valence-corrected chi connectivity index (χ1v) is 7.37. The number of hydrogen-bond acceptors (Lipinski definition) is 2. The average molecular weight is 272 g/mol. The van der Waals surface area contributed by atoms with E-state index in [1.165, 1.54) is 6.08 Å². The highest BCUT2D eigenvalue weighted by Crippen LogP contribution is 2.42. The fourth-order valence-electron chi connectivity index (χ4n) is 2.89. The molecule has 108 valence electrons. The molecule has 1 saturated carbocycles. The fourth-order valence-corrected chi connectivity index (χ4v) is 2.89. The summed E-state index contributed by atoms with van der Waals surface area (Å²) in [7, 11) is 0. The van der Waals surface area contributed by atoms with Crippen LogP contribution in [0.2, 0.25) is 0 Å². The van der Waals surface area contributed by atoms with Gasteiger partial charge in [0.25, 0.3) is 0 Å². The summed E-state index contributed by atoms with van der Waals surface area (Å²) >= 11 is 0. The molecular formula is C18H24O2. The normalized spacial score (nSPS) is 19.1. The third kappa shape index (κ3) is 2.79. The van der Waals surface area contributed by atoms with E-state index in [0.29, 0.717) is 0 Å². The zero-order valence-corrected chi connectivity index (χ0v) is 12.6. The highest BCUT2D eigenvalue weighted by molar-refractivity contribution is 5.99. The molecule has 2 rings (SSSR count). The first-order chi connectivity index (χ1) is 9.36. The molecule has 0 aromatic heterocycles. The van der Waals surface area contributed by atoms with Crippen LogP contribution in [0.5, 0.6) is 0 Å². The van der Waals surface area contributed by atoms with Crippen LogP contribution < -0.4 is 0 Å². The molecule has 0 spiro atoms. The van der Waals surface area contributed by atoms with Crippen LogP contribution in [0.3, 0.4) is 0 Å². The highest BCUT2D eigenvalue weighted by atomic mass is 16.3. The minimum atomic E-state index is -0.430. The summed E-state index contributed by atoms with van der Waals surface area (Å²) in [5, 5.41) is 10.1. The third-order valence-electron chi connectivity index (χ3n) is 4.29. The maximum atomic E-state index is 12.8. The predicted octanol–water partition coefficient (Wildman–Crippen LogP) is 4.56. The van der Waals surface area contributed by atoms with Gasteiger partial charge >= 0.3 is 0 Å². The number of aliphatic hydroxyl groups excluding tert-OH is 1. The van der Waals surface area contributed by atoms with Crippen molar-refractivity contribution >= 4 is 5.78 Å². The number of rotatable bonds is 3. The lowest BCUT2D eigenvalue weighted by molar-refractivity contribution is -0.120. The maximum Gasteiger partial charge on any atom is 0.169 e. The Hall–Kier alpha value is -1.57. The lowest BCUT2D eigenvalue weighted by Crippen LogP contribution is -2.32. The number of ketones is 1. The number of hydrogen-bond donors (Lipinski definition) is 1. The van der Waals surface area contributed by atoms with E-state index in [9.17, 15) is 9.90 Å². The van der Waals surface area contributed by atoms with Gasteiger partial charge < -0.3 is 5.11 Å². The topological polar surface area (TPSA) is 37.3 Å². The summed E-state index contributed by atoms with van der Waals surface area (Å²) < 4.78 is 0. The average Bonchev–Trinajstić information content (AvgIpc) is 2.89. The zero-order valence-electron chi connectivity index (χ0n) is 12.6. The Balaban J connectivity index is 2.38. The lowest BCUT2D eigenvalue weighted by atomic mass is 9.74. The van der Waals surface area contributed by atoms with Crippen molar-refractivity contribution in [3.05, 3.63) is 47.7 Å². The molecule has 0 atom stereocenters. The van der Waals surface area contributed by atoms with Crippen LogP contribution in [-0.2, 0) is 10.2 Å². The molecule has 0 heterocycles. The number of carbonyl (C=O) groups is 1. The molecule has 0 bridgehead atoms. The van der Waals surface area contributed by atoms with E-state index in [1.54, 1.807) is 0 Å². The van der Waals surface area contributed by atoms with E-state index < -0.39 is 5.41 Å². The minimum Gasteiger partial charge on any atom is -0.512 e. The molecule has 1 aromatic rings. The smallest absolute Gasteiger partial charge is 0.169 e. The van der Waals surface area contributed by atoms with Crippen molar-refractivity contribution in [2.24, 2.45) is 5.41 Å². The first kappa shape index (κ1) is 14.8. The lowest BCUT2D eigenvalue weighted by Gasteiger charge is -2.27. The Morgan fingerprint density at radius 3 is 2.20 bits per heavy atom. The van der Waals surface area contributed by atoms with Crippen LogP contribution in [0, 0.1) is 5.41 Å². The van der Waals surface area contributed by atoms with Crippen LogP contribution >= 0.6 is 0 Å². The molecular weight excluding hydrogens is 248 g/mol. The number of aliphatic hydroxyl groups is 1. The van der Waals surface area contributed by atoms with E-state index >= 15 is 0 Å². The first-order valence-electron chi connectivity index (χ1n) is 7.37. The Morgan fingerprint density at radius 1 is 1.15 bits per heavy atom.